The minimum absolute atomic E-state index is 0.00848. The third-order valence-electron chi connectivity index (χ3n) is 6.38. The normalized spacial score (nSPS) is 13.1. The van der Waals surface area contributed by atoms with Gasteiger partial charge in [-0.2, -0.15) is 4.98 Å². The van der Waals surface area contributed by atoms with Crippen LogP contribution in [0.25, 0.3) is 0 Å². The van der Waals surface area contributed by atoms with E-state index in [1.54, 1.807) is 12.4 Å². The second-order valence-corrected chi connectivity index (χ2v) is 9.94. The number of benzene rings is 1. The molecule has 0 aliphatic carbocycles. The number of amides is 1. The molecule has 196 valence electrons. The van der Waals surface area contributed by atoms with Crippen LogP contribution in [0.1, 0.15) is 61.8 Å². The second kappa shape index (κ2) is 12.1. The molecule has 4 rings (SSSR count). The average molecular weight is 503 g/mol. The Morgan fingerprint density at radius 3 is 2.62 bits per heavy atom. The third-order valence-corrected chi connectivity index (χ3v) is 6.38. The summed E-state index contributed by atoms with van der Waals surface area (Å²) in [4.78, 5) is 29.0. The largest absolute Gasteiger partial charge is 0.350 e. The molecule has 9 nitrogen and oxygen atoms in total. The zero-order valence-electron chi connectivity index (χ0n) is 22.4. The topological polar surface area (TPSA) is 107 Å². The fourth-order valence-corrected chi connectivity index (χ4v) is 4.38. The van der Waals surface area contributed by atoms with Crippen LogP contribution in [0.3, 0.4) is 0 Å². The van der Waals surface area contributed by atoms with Gasteiger partial charge in [0.1, 0.15) is 11.4 Å². The van der Waals surface area contributed by atoms with Gasteiger partial charge in [0.2, 0.25) is 5.95 Å². The van der Waals surface area contributed by atoms with Crippen molar-refractivity contribution < 1.29 is 4.79 Å². The number of hydrogen-bond donors (Lipinski definition) is 4. The van der Waals surface area contributed by atoms with E-state index < -0.39 is 0 Å². The van der Waals surface area contributed by atoms with Gasteiger partial charge in [0.05, 0.1) is 5.69 Å². The number of carbonyl (C=O) groups is 1. The highest BCUT2D eigenvalue weighted by Crippen LogP contribution is 2.24. The molecular weight excluding hydrogens is 464 g/mol. The predicted octanol–water partition coefficient (Wildman–Crippen LogP) is 4.37. The summed E-state index contributed by atoms with van der Waals surface area (Å²) in [7, 11) is 0. The standard InChI is InChI=1S/C28H38N8O/c1-6-36(19(4)5)17-24-14-23(10-12-30-24)33-26-25(27(37)32-18(2)3)16-31-28(35-26)34-22-8-7-20-9-11-29-15-21(20)13-22/h7-8,10,12-14,16,18-19,29H,6,9,11,15,17H2,1-5H3,(H,32,37)(H2,30,31,33,34,35). The first kappa shape index (κ1) is 26.5. The Bertz CT molecular complexity index is 1230. The summed E-state index contributed by atoms with van der Waals surface area (Å²) in [6, 6.07) is 10.6. The van der Waals surface area contributed by atoms with Crippen LogP contribution in [-0.2, 0) is 19.5 Å². The molecule has 3 heterocycles. The number of hydrogen-bond acceptors (Lipinski definition) is 8. The molecule has 0 saturated carbocycles. The van der Waals surface area contributed by atoms with Crippen LogP contribution >= 0.6 is 0 Å². The first-order valence-corrected chi connectivity index (χ1v) is 13.1. The van der Waals surface area contributed by atoms with Crippen molar-refractivity contribution in [1.29, 1.82) is 0 Å². The summed E-state index contributed by atoms with van der Waals surface area (Å²) in [6.45, 7) is 13.9. The van der Waals surface area contributed by atoms with Gasteiger partial charge in [0, 0.05) is 48.9 Å². The monoisotopic (exact) mass is 502 g/mol. The molecule has 4 N–H and O–H groups in total. The Kier molecular flexibility index (Phi) is 8.68. The number of pyridine rings is 1. The van der Waals surface area contributed by atoms with Gasteiger partial charge in [0.15, 0.2) is 0 Å². The number of aromatic nitrogens is 3. The molecule has 1 amide bonds. The van der Waals surface area contributed by atoms with Gasteiger partial charge in [-0.25, -0.2) is 4.98 Å². The minimum atomic E-state index is -0.227. The maximum Gasteiger partial charge on any atom is 0.256 e. The van der Waals surface area contributed by atoms with Crippen LogP contribution < -0.4 is 21.3 Å². The van der Waals surface area contributed by atoms with Crippen LogP contribution in [0.4, 0.5) is 23.1 Å². The maximum absolute atomic E-state index is 12.9. The molecule has 0 atom stereocenters. The van der Waals surface area contributed by atoms with Crippen LogP contribution in [0, 0.1) is 0 Å². The van der Waals surface area contributed by atoms with E-state index in [1.165, 1.54) is 11.1 Å². The average Bonchev–Trinajstić information content (AvgIpc) is 2.87. The number of nitrogens with one attached hydrogen (secondary N) is 4. The Balaban J connectivity index is 1.60. The van der Waals surface area contributed by atoms with Crippen molar-refractivity contribution in [1.82, 2.24) is 30.5 Å². The summed E-state index contributed by atoms with van der Waals surface area (Å²) < 4.78 is 0. The number of carbonyl (C=O) groups excluding carboxylic acids is 1. The van der Waals surface area contributed by atoms with Crippen molar-refractivity contribution >= 4 is 29.0 Å². The predicted molar refractivity (Wildman–Crippen MR) is 149 cm³/mol. The van der Waals surface area contributed by atoms with Crippen molar-refractivity contribution in [2.24, 2.45) is 0 Å². The van der Waals surface area contributed by atoms with E-state index in [0.717, 1.165) is 49.7 Å². The van der Waals surface area contributed by atoms with E-state index in [-0.39, 0.29) is 11.9 Å². The lowest BCUT2D eigenvalue weighted by Crippen LogP contribution is -2.31. The molecule has 2 aromatic heterocycles. The van der Waals surface area contributed by atoms with Crippen molar-refractivity contribution in [2.75, 3.05) is 23.7 Å². The van der Waals surface area contributed by atoms with E-state index >= 15 is 0 Å². The Hall–Kier alpha value is -3.56. The maximum atomic E-state index is 12.9. The number of nitrogens with zero attached hydrogens (tertiary/aromatic N) is 4. The van der Waals surface area contributed by atoms with Crippen molar-refractivity contribution in [3.63, 3.8) is 0 Å². The molecule has 0 fully saturated rings. The van der Waals surface area contributed by atoms with Gasteiger partial charge in [-0.15, -0.1) is 0 Å². The fraction of sp³-hybridized carbons (Fsp3) is 0.429. The van der Waals surface area contributed by atoms with Crippen LogP contribution in [0.5, 0.6) is 0 Å². The highest BCUT2D eigenvalue weighted by molar-refractivity contribution is 5.99. The molecule has 1 aliphatic rings. The quantitative estimate of drug-likeness (QED) is 0.324. The number of fused-ring (bicyclic) bond motifs is 1. The fourth-order valence-electron chi connectivity index (χ4n) is 4.38. The van der Waals surface area contributed by atoms with E-state index in [9.17, 15) is 4.79 Å². The molecule has 0 unspecified atom stereocenters. The van der Waals surface area contributed by atoms with Crippen molar-refractivity contribution in [3.8, 4) is 0 Å². The number of anilines is 4. The lowest BCUT2D eigenvalue weighted by molar-refractivity contribution is 0.0943. The van der Waals surface area contributed by atoms with Gasteiger partial charge in [-0.3, -0.25) is 14.7 Å². The molecule has 1 aliphatic heterocycles. The third kappa shape index (κ3) is 7.02. The SMILES string of the molecule is CCN(Cc1cc(Nc2nc(Nc3ccc4c(c3)CNCC4)ncc2C(=O)NC(C)C)ccn1)C(C)C. The van der Waals surface area contributed by atoms with E-state index in [4.69, 9.17) is 4.98 Å². The molecule has 0 bridgehead atoms. The molecule has 0 saturated heterocycles. The highest BCUT2D eigenvalue weighted by atomic mass is 16.1. The second-order valence-electron chi connectivity index (χ2n) is 9.94. The van der Waals surface area contributed by atoms with Gasteiger partial charge in [-0.1, -0.05) is 13.0 Å². The Morgan fingerprint density at radius 1 is 1.05 bits per heavy atom. The summed E-state index contributed by atoms with van der Waals surface area (Å²) in [6.07, 6.45) is 4.37. The van der Waals surface area contributed by atoms with Crippen LogP contribution in [-0.4, -0.2) is 50.9 Å². The van der Waals surface area contributed by atoms with Gasteiger partial charge < -0.3 is 21.3 Å². The lowest BCUT2D eigenvalue weighted by Gasteiger charge is -2.24. The zero-order chi connectivity index (χ0) is 26.4. The van der Waals surface area contributed by atoms with Crippen LogP contribution in [0.2, 0.25) is 0 Å². The molecule has 0 radical (unpaired) electrons. The Morgan fingerprint density at radius 2 is 1.86 bits per heavy atom. The summed E-state index contributed by atoms with van der Waals surface area (Å²) in [5.74, 6) is 0.623. The van der Waals surface area contributed by atoms with Gasteiger partial charge in [0.25, 0.3) is 5.91 Å². The molecule has 0 spiro atoms. The molecule has 1 aromatic carbocycles. The highest BCUT2D eigenvalue weighted by Gasteiger charge is 2.17. The summed E-state index contributed by atoms with van der Waals surface area (Å²) in [5.41, 5.74) is 5.68. The molecule has 3 aromatic rings. The summed E-state index contributed by atoms with van der Waals surface area (Å²) in [5, 5.41) is 13.0. The van der Waals surface area contributed by atoms with E-state index in [1.807, 2.05) is 32.0 Å². The van der Waals surface area contributed by atoms with Crippen LogP contribution in [0.15, 0.2) is 42.7 Å². The minimum Gasteiger partial charge on any atom is -0.350 e. The first-order chi connectivity index (χ1) is 17.8. The Labute approximate surface area is 219 Å². The van der Waals surface area contributed by atoms with Gasteiger partial charge >= 0.3 is 0 Å². The van der Waals surface area contributed by atoms with Crippen molar-refractivity contribution in [3.05, 3.63) is 65.1 Å². The molecule has 37 heavy (non-hydrogen) atoms. The van der Waals surface area contributed by atoms with E-state index in [2.05, 4.69) is 69.0 Å². The lowest BCUT2D eigenvalue weighted by atomic mass is 10.0. The first-order valence-electron chi connectivity index (χ1n) is 13.1. The van der Waals surface area contributed by atoms with Crippen molar-refractivity contribution in [2.45, 2.75) is 66.2 Å². The van der Waals surface area contributed by atoms with E-state index in [0.29, 0.717) is 23.4 Å². The molecular formula is C28H38N8O. The zero-order valence-corrected chi connectivity index (χ0v) is 22.4. The smallest absolute Gasteiger partial charge is 0.256 e. The van der Waals surface area contributed by atoms with Gasteiger partial charge in [-0.05, 0) is 82.6 Å². The summed E-state index contributed by atoms with van der Waals surface area (Å²) >= 11 is 0. The number of rotatable bonds is 10. The molecule has 9 heteroatoms.